The molecule has 2 atom stereocenters. The lowest BCUT2D eigenvalue weighted by atomic mass is 9.94. The van der Waals surface area contributed by atoms with E-state index in [1.165, 1.54) is 0 Å². The zero-order valence-electron chi connectivity index (χ0n) is 5.50. The van der Waals surface area contributed by atoms with Crippen molar-refractivity contribution in [2.24, 2.45) is 0 Å². The van der Waals surface area contributed by atoms with Crippen molar-refractivity contribution in [3.05, 3.63) is 0 Å². The average Bonchev–Trinajstić information content (AvgIpc) is 1.77. The molecule has 3 heteroatoms. The topological polar surface area (TPSA) is 49.7 Å². The van der Waals surface area contributed by atoms with Crippen LogP contribution in [0.2, 0.25) is 0 Å². The van der Waals surface area contributed by atoms with Crippen molar-refractivity contribution in [1.29, 1.82) is 0 Å². The largest absolute Gasteiger partial charge is 0.388 e. The molecule has 0 aromatic rings. The van der Waals surface area contributed by atoms with Gasteiger partial charge in [0.25, 0.3) is 0 Å². The molecule has 0 radical (unpaired) electrons. The zero-order chi connectivity index (χ0) is 6.91. The molecular formula is C6H12O3. The van der Waals surface area contributed by atoms with Crippen molar-refractivity contribution < 1.29 is 14.9 Å². The van der Waals surface area contributed by atoms with Gasteiger partial charge in [0.2, 0.25) is 0 Å². The van der Waals surface area contributed by atoms with E-state index in [1.807, 2.05) is 0 Å². The zero-order valence-corrected chi connectivity index (χ0v) is 5.50. The monoisotopic (exact) mass is 132 g/mol. The fraction of sp³-hybridized carbons (Fsp3) is 1.00. The van der Waals surface area contributed by atoms with E-state index in [-0.39, 0.29) is 6.61 Å². The molecule has 0 aliphatic carbocycles. The summed E-state index contributed by atoms with van der Waals surface area (Å²) in [4.78, 5) is 0. The van der Waals surface area contributed by atoms with Crippen LogP contribution in [0, 0.1) is 0 Å². The maximum absolute atomic E-state index is 9.31. The van der Waals surface area contributed by atoms with Gasteiger partial charge in [0.15, 0.2) is 0 Å². The van der Waals surface area contributed by atoms with E-state index in [0.29, 0.717) is 13.0 Å². The standard InChI is InChI=1S/C6H12O3/c1-6(8)2-3-9-4-5(6)7/h5,7-8H,2-4H2,1H3/t5-,6+/m0/s1. The molecule has 0 unspecified atom stereocenters. The molecule has 1 saturated heterocycles. The molecule has 2 N–H and O–H groups in total. The minimum atomic E-state index is -0.932. The molecule has 1 heterocycles. The number of rotatable bonds is 0. The van der Waals surface area contributed by atoms with Gasteiger partial charge < -0.3 is 14.9 Å². The first-order chi connectivity index (χ1) is 4.13. The summed E-state index contributed by atoms with van der Waals surface area (Å²) < 4.78 is 4.91. The van der Waals surface area contributed by atoms with Crippen molar-refractivity contribution in [3.8, 4) is 0 Å². The van der Waals surface area contributed by atoms with Crippen LogP contribution in [-0.2, 0) is 4.74 Å². The molecule has 3 nitrogen and oxygen atoms in total. The Hall–Kier alpha value is -0.120. The van der Waals surface area contributed by atoms with Gasteiger partial charge in [-0.1, -0.05) is 0 Å². The van der Waals surface area contributed by atoms with Crippen LogP contribution in [-0.4, -0.2) is 35.1 Å². The Labute approximate surface area is 54.3 Å². The second-order valence-electron chi connectivity index (χ2n) is 2.70. The second kappa shape index (κ2) is 2.25. The first-order valence-corrected chi connectivity index (χ1v) is 3.11. The van der Waals surface area contributed by atoms with Gasteiger partial charge in [-0.2, -0.15) is 0 Å². The first-order valence-electron chi connectivity index (χ1n) is 3.11. The third-order valence-corrected chi connectivity index (χ3v) is 1.75. The lowest BCUT2D eigenvalue weighted by Crippen LogP contribution is -2.46. The van der Waals surface area contributed by atoms with Crippen LogP contribution >= 0.6 is 0 Å². The highest BCUT2D eigenvalue weighted by Gasteiger charge is 2.33. The maximum atomic E-state index is 9.31. The molecule has 0 spiro atoms. The van der Waals surface area contributed by atoms with Crippen LogP contribution in [0.3, 0.4) is 0 Å². The number of hydrogen-bond acceptors (Lipinski definition) is 3. The van der Waals surface area contributed by atoms with Gasteiger partial charge >= 0.3 is 0 Å². The molecule has 0 amide bonds. The molecule has 0 bridgehead atoms. The van der Waals surface area contributed by atoms with E-state index < -0.39 is 11.7 Å². The highest BCUT2D eigenvalue weighted by atomic mass is 16.5. The Morgan fingerprint density at radius 2 is 2.33 bits per heavy atom. The van der Waals surface area contributed by atoms with Crippen molar-refractivity contribution in [1.82, 2.24) is 0 Å². The van der Waals surface area contributed by atoms with Gasteiger partial charge in [0, 0.05) is 13.0 Å². The highest BCUT2D eigenvalue weighted by Crippen LogP contribution is 2.19. The molecule has 0 aromatic heterocycles. The van der Waals surface area contributed by atoms with Crippen LogP contribution in [0.15, 0.2) is 0 Å². The van der Waals surface area contributed by atoms with Gasteiger partial charge in [0.05, 0.1) is 12.2 Å². The van der Waals surface area contributed by atoms with Crippen LogP contribution < -0.4 is 0 Å². The summed E-state index contributed by atoms with van der Waals surface area (Å²) in [5, 5.41) is 18.4. The van der Waals surface area contributed by atoms with Crippen molar-refractivity contribution in [2.45, 2.75) is 25.0 Å². The summed E-state index contributed by atoms with van der Waals surface area (Å²) in [6.07, 6.45) is -0.194. The first kappa shape index (κ1) is 6.99. The normalized spacial score (nSPS) is 45.0. The number of aliphatic hydroxyl groups is 2. The van der Waals surface area contributed by atoms with Crippen molar-refractivity contribution in [2.75, 3.05) is 13.2 Å². The Morgan fingerprint density at radius 1 is 1.67 bits per heavy atom. The van der Waals surface area contributed by atoms with Crippen LogP contribution in [0.1, 0.15) is 13.3 Å². The Morgan fingerprint density at radius 3 is 2.67 bits per heavy atom. The van der Waals surface area contributed by atoms with Gasteiger partial charge in [-0.3, -0.25) is 0 Å². The third kappa shape index (κ3) is 1.41. The smallest absolute Gasteiger partial charge is 0.106 e. The van der Waals surface area contributed by atoms with Gasteiger partial charge in [-0.05, 0) is 6.92 Å². The van der Waals surface area contributed by atoms with Crippen molar-refractivity contribution in [3.63, 3.8) is 0 Å². The second-order valence-corrected chi connectivity index (χ2v) is 2.70. The predicted molar refractivity (Wildman–Crippen MR) is 32.1 cm³/mol. The Bertz CT molecular complexity index is 100. The quantitative estimate of drug-likeness (QED) is 0.468. The molecule has 1 aliphatic rings. The molecule has 9 heavy (non-hydrogen) atoms. The van der Waals surface area contributed by atoms with E-state index in [9.17, 15) is 5.11 Å². The SMILES string of the molecule is C[C@@]1(O)CCOC[C@@H]1O. The number of aliphatic hydroxyl groups excluding tert-OH is 1. The lowest BCUT2D eigenvalue weighted by molar-refractivity contribution is -0.142. The number of hydrogen-bond donors (Lipinski definition) is 2. The van der Waals surface area contributed by atoms with Crippen molar-refractivity contribution >= 4 is 0 Å². The minimum Gasteiger partial charge on any atom is -0.388 e. The fourth-order valence-corrected chi connectivity index (χ4v) is 0.820. The maximum Gasteiger partial charge on any atom is 0.106 e. The van der Waals surface area contributed by atoms with Crippen LogP contribution in [0.4, 0.5) is 0 Å². The third-order valence-electron chi connectivity index (χ3n) is 1.75. The summed E-state index contributed by atoms with van der Waals surface area (Å²) in [7, 11) is 0. The van der Waals surface area contributed by atoms with E-state index >= 15 is 0 Å². The van der Waals surface area contributed by atoms with E-state index in [1.54, 1.807) is 6.92 Å². The van der Waals surface area contributed by atoms with Crippen LogP contribution in [0.5, 0.6) is 0 Å². The lowest BCUT2D eigenvalue weighted by Gasteiger charge is -2.32. The summed E-state index contributed by atoms with van der Waals surface area (Å²) in [6, 6.07) is 0. The highest BCUT2D eigenvalue weighted by molar-refractivity contribution is 4.84. The predicted octanol–water partition coefficient (Wildman–Crippen LogP) is -0.481. The van der Waals surface area contributed by atoms with Crippen LogP contribution in [0.25, 0.3) is 0 Å². The van der Waals surface area contributed by atoms with Gasteiger partial charge in [-0.15, -0.1) is 0 Å². The molecule has 0 saturated carbocycles. The molecule has 1 aliphatic heterocycles. The van der Waals surface area contributed by atoms with E-state index in [4.69, 9.17) is 9.84 Å². The minimum absolute atomic E-state index is 0.257. The van der Waals surface area contributed by atoms with E-state index in [2.05, 4.69) is 0 Å². The summed E-state index contributed by atoms with van der Waals surface area (Å²) in [6.45, 7) is 2.43. The molecule has 1 fully saturated rings. The molecular weight excluding hydrogens is 120 g/mol. The molecule has 54 valence electrons. The van der Waals surface area contributed by atoms with E-state index in [0.717, 1.165) is 0 Å². The average molecular weight is 132 g/mol. The summed E-state index contributed by atoms with van der Waals surface area (Å²) in [5.41, 5.74) is -0.932. The fourth-order valence-electron chi connectivity index (χ4n) is 0.820. The van der Waals surface area contributed by atoms with Gasteiger partial charge in [-0.25, -0.2) is 0 Å². The molecule has 0 aromatic carbocycles. The summed E-state index contributed by atoms with van der Waals surface area (Å²) >= 11 is 0. The number of ether oxygens (including phenoxy) is 1. The van der Waals surface area contributed by atoms with Gasteiger partial charge in [0.1, 0.15) is 6.10 Å². The Kier molecular flexibility index (Phi) is 1.75. The Balaban J connectivity index is 2.49. The molecule has 1 rings (SSSR count). The summed E-state index contributed by atoms with van der Waals surface area (Å²) in [5.74, 6) is 0.